The second kappa shape index (κ2) is 7.67. The first-order chi connectivity index (χ1) is 7.30. The first-order valence-electron chi connectivity index (χ1n) is 6.50. The van der Waals surface area contributed by atoms with Gasteiger partial charge in [0.25, 0.3) is 0 Å². The molecule has 0 aromatic carbocycles. The van der Waals surface area contributed by atoms with Gasteiger partial charge in [0.05, 0.1) is 0 Å². The summed E-state index contributed by atoms with van der Waals surface area (Å²) in [6, 6.07) is 0. The summed E-state index contributed by atoms with van der Waals surface area (Å²) < 4.78 is 0. The molecule has 1 rings (SSSR count). The van der Waals surface area contributed by atoms with Crippen LogP contribution in [0.1, 0.15) is 71.1 Å². The maximum atomic E-state index is 11.3. The number of carbonyl (C=O) groups excluding carboxylic acids is 1. The maximum absolute atomic E-state index is 11.3. The molecule has 1 heteroatoms. The molecule has 0 aliphatic heterocycles. The van der Waals surface area contributed by atoms with Crippen LogP contribution in [-0.4, -0.2) is 5.78 Å². The van der Waals surface area contributed by atoms with E-state index >= 15 is 0 Å². The van der Waals surface area contributed by atoms with Crippen LogP contribution in [0.25, 0.3) is 0 Å². The van der Waals surface area contributed by atoms with Gasteiger partial charge in [-0.2, -0.15) is 0 Å². The van der Waals surface area contributed by atoms with Gasteiger partial charge in [-0.15, -0.1) is 0 Å². The zero-order valence-electron chi connectivity index (χ0n) is 10.1. The molecule has 0 saturated carbocycles. The van der Waals surface area contributed by atoms with E-state index in [1.807, 2.05) is 0 Å². The standard InChI is InChI=1S/C14H24O/c1-13(15)14-11-9-7-5-3-2-4-6-8-10-12-14/h11H,2-10,12H2,1H3. The highest BCUT2D eigenvalue weighted by molar-refractivity contribution is 5.93. The van der Waals surface area contributed by atoms with Crippen molar-refractivity contribution in [3.63, 3.8) is 0 Å². The Balaban J connectivity index is 2.42. The van der Waals surface area contributed by atoms with Crippen LogP contribution >= 0.6 is 0 Å². The summed E-state index contributed by atoms with van der Waals surface area (Å²) in [5, 5.41) is 0. The molecule has 0 fully saturated rings. The minimum atomic E-state index is 0.284. The fourth-order valence-corrected chi connectivity index (χ4v) is 2.22. The average molecular weight is 208 g/mol. The van der Waals surface area contributed by atoms with E-state index in [4.69, 9.17) is 0 Å². The lowest BCUT2D eigenvalue weighted by Crippen LogP contribution is -1.97. The van der Waals surface area contributed by atoms with Gasteiger partial charge in [0, 0.05) is 0 Å². The molecule has 0 N–H and O–H groups in total. The summed E-state index contributed by atoms with van der Waals surface area (Å²) in [5.41, 5.74) is 1.08. The fourth-order valence-electron chi connectivity index (χ4n) is 2.22. The van der Waals surface area contributed by atoms with Crippen molar-refractivity contribution in [2.75, 3.05) is 0 Å². The van der Waals surface area contributed by atoms with E-state index in [1.165, 1.54) is 51.4 Å². The summed E-state index contributed by atoms with van der Waals surface area (Å²) >= 11 is 0. The number of hydrogen-bond acceptors (Lipinski definition) is 1. The topological polar surface area (TPSA) is 17.1 Å². The van der Waals surface area contributed by atoms with E-state index < -0.39 is 0 Å². The molecule has 0 aromatic rings. The summed E-state index contributed by atoms with van der Waals surface area (Å²) in [4.78, 5) is 11.3. The van der Waals surface area contributed by atoms with Crippen molar-refractivity contribution in [1.29, 1.82) is 0 Å². The Hall–Kier alpha value is -0.590. The second-order valence-corrected chi connectivity index (χ2v) is 4.65. The molecule has 1 nitrogen and oxygen atoms in total. The van der Waals surface area contributed by atoms with Crippen molar-refractivity contribution in [2.24, 2.45) is 0 Å². The molecular formula is C14H24O. The quantitative estimate of drug-likeness (QED) is 0.623. The van der Waals surface area contributed by atoms with Crippen LogP contribution in [-0.2, 0) is 4.79 Å². The maximum Gasteiger partial charge on any atom is 0.155 e. The minimum absolute atomic E-state index is 0.284. The van der Waals surface area contributed by atoms with Crippen LogP contribution in [0.3, 0.4) is 0 Å². The Morgan fingerprint density at radius 2 is 1.47 bits per heavy atom. The van der Waals surface area contributed by atoms with Crippen LogP contribution in [0.4, 0.5) is 0 Å². The highest BCUT2D eigenvalue weighted by atomic mass is 16.1. The van der Waals surface area contributed by atoms with Gasteiger partial charge in [0.2, 0.25) is 0 Å². The van der Waals surface area contributed by atoms with Crippen molar-refractivity contribution in [3.8, 4) is 0 Å². The minimum Gasteiger partial charge on any atom is -0.295 e. The molecule has 0 unspecified atom stereocenters. The summed E-state index contributed by atoms with van der Waals surface area (Å²) in [5.74, 6) is 0.284. The van der Waals surface area contributed by atoms with Gasteiger partial charge in [-0.25, -0.2) is 0 Å². The Morgan fingerprint density at radius 1 is 0.933 bits per heavy atom. The molecule has 0 aromatic heterocycles. The van der Waals surface area contributed by atoms with Crippen LogP contribution in [0.5, 0.6) is 0 Å². The third-order valence-corrected chi connectivity index (χ3v) is 3.24. The summed E-state index contributed by atoms with van der Waals surface area (Å²) in [6.45, 7) is 1.71. The smallest absolute Gasteiger partial charge is 0.155 e. The zero-order chi connectivity index (χ0) is 10.9. The van der Waals surface area contributed by atoms with Gasteiger partial charge in [-0.05, 0) is 38.2 Å². The van der Waals surface area contributed by atoms with Crippen molar-refractivity contribution in [3.05, 3.63) is 11.6 Å². The van der Waals surface area contributed by atoms with E-state index in [9.17, 15) is 4.79 Å². The molecule has 1 aliphatic rings. The highest BCUT2D eigenvalue weighted by Crippen LogP contribution is 2.17. The number of rotatable bonds is 1. The molecule has 0 saturated heterocycles. The molecule has 0 radical (unpaired) electrons. The summed E-state index contributed by atoms with van der Waals surface area (Å²) in [7, 11) is 0. The van der Waals surface area contributed by atoms with Crippen molar-refractivity contribution in [2.45, 2.75) is 71.1 Å². The van der Waals surface area contributed by atoms with Gasteiger partial charge in [0.15, 0.2) is 5.78 Å². The fraction of sp³-hybridized carbons (Fsp3) is 0.786. The SMILES string of the molecule is CC(=O)C1=CCCCCCCCCCC1. The Labute approximate surface area is 93.9 Å². The van der Waals surface area contributed by atoms with E-state index in [-0.39, 0.29) is 5.78 Å². The predicted molar refractivity (Wildman–Crippen MR) is 64.9 cm³/mol. The first kappa shape index (κ1) is 12.5. The Morgan fingerprint density at radius 3 is 2.07 bits per heavy atom. The Bertz CT molecular complexity index is 215. The van der Waals surface area contributed by atoms with E-state index in [2.05, 4.69) is 6.08 Å². The number of carbonyl (C=O) groups is 1. The normalized spacial score (nSPS) is 21.0. The van der Waals surface area contributed by atoms with Gasteiger partial charge < -0.3 is 0 Å². The molecule has 0 heterocycles. The average Bonchev–Trinajstić information content (AvgIpc) is 2.18. The van der Waals surface area contributed by atoms with Crippen molar-refractivity contribution < 1.29 is 4.79 Å². The van der Waals surface area contributed by atoms with E-state index in [0.29, 0.717) is 0 Å². The van der Waals surface area contributed by atoms with Gasteiger partial charge in [-0.3, -0.25) is 4.79 Å². The Kier molecular flexibility index (Phi) is 6.38. The number of ketones is 1. The van der Waals surface area contributed by atoms with Gasteiger partial charge >= 0.3 is 0 Å². The molecule has 0 atom stereocenters. The van der Waals surface area contributed by atoms with Crippen molar-refractivity contribution >= 4 is 5.78 Å². The predicted octanol–water partition coefficient (Wildman–Crippen LogP) is 4.42. The van der Waals surface area contributed by atoms with Gasteiger partial charge in [-0.1, -0.05) is 44.6 Å². The van der Waals surface area contributed by atoms with E-state index in [1.54, 1.807) is 6.92 Å². The lowest BCUT2D eigenvalue weighted by atomic mass is 9.99. The van der Waals surface area contributed by atoms with Gasteiger partial charge in [0.1, 0.15) is 0 Å². The van der Waals surface area contributed by atoms with Crippen LogP contribution in [0.15, 0.2) is 11.6 Å². The van der Waals surface area contributed by atoms with Crippen LogP contribution < -0.4 is 0 Å². The monoisotopic (exact) mass is 208 g/mol. The number of allylic oxidation sites excluding steroid dienone is 2. The third kappa shape index (κ3) is 5.76. The summed E-state index contributed by atoms with van der Waals surface area (Å²) in [6.07, 6.45) is 14.9. The van der Waals surface area contributed by atoms with Crippen LogP contribution in [0, 0.1) is 0 Å². The molecule has 0 amide bonds. The number of hydrogen-bond donors (Lipinski definition) is 0. The molecule has 86 valence electrons. The third-order valence-electron chi connectivity index (χ3n) is 3.24. The molecule has 0 spiro atoms. The molecule has 15 heavy (non-hydrogen) atoms. The zero-order valence-corrected chi connectivity index (χ0v) is 10.1. The molecular weight excluding hydrogens is 184 g/mol. The lowest BCUT2D eigenvalue weighted by Gasteiger charge is -2.07. The molecule has 0 bridgehead atoms. The second-order valence-electron chi connectivity index (χ2n) is 4.65. The van der Waals surface area contributed by atoms with E-state index in [0.717, 1.165) is 18.4 Å². The first-order valence-corrected chi connectivity index (χ1v) is 6.50. The van der Waals surface area contributed by atoms with Crippen molar-refractivity contribution in [1.82, 2.24) is 0 Å². The largest absolute Gasteiger partial charge is 0.295 e. The number of Topliss-reactive ketones (excluding diaryl/α,β-unsaturated/α-hetero) is 1. The highest BCUT2D eigenvalue weighted by Gasteiger charge is 2.04. The lowest BCUT2D eigenvalue weighted by molar-refractivity contribution is -0.113. The molecule has 1 aliphatic carbocycles. The van der Waals surface area contributed by atoms with Crippen LogP contribution in [0.2, 0.25) is 0 Å².